The summed E-state index contributed by atoms with van der Waals surface area (Å²) in [6.45, 7) is 2.62. The van der Waals surface area contributed by atoms with Crippen LogP contribution in [0.4, 0.5) is 10.1 Å². The molecule has 1 aromatic carbocycles. The van der Waals surface area contributed by atoms with Crippen molar-refractivity contribution < 1.29 is 14.0 Å². The molecule has 1 aliphatic heterocycles. The van der Waals surface area contributed by atoms with E-state index in [0.29, 0.717) is 18.7 Å². The predicted molar refractivity (Wildman–Crippen MR) is 66.2 cm³/mol. The third-order valence-electron chi connectivity index (χ3n) is 2.94. The number of benzene rings is 1. The number of nitrogens with zero attached hydrogens (tertiary/aromatic N) is 1. The molecular weight excluding hydrogens is 235 g/mol. The zero-order chi connectivity index (χ0) is 13.1. The molecule has 96 valence electrons. The molecule has 1 saturated heterocycles. The molecule has 0 atom stereocenters. The van der Waals surface area contributed by atoms with Crippen molar-refractivity contribution in [2.75, 3.05) is 24.5 Å². The number of para-hydroxylation sites is 1. The summed E-state index contributed by atoms with van der Waals surface area (Å²) in [4.78, 5) is 24.7. The summed E-state index contributed by atoms with van der Waals surface area (Å²) in [5.74, 6) is -0.809. The smallest absolute Gasteiger partial charge is 0.239 e. The predicted octanol–water partition coefficient (Wildman–Crippen LogP) is 1.35. The molecular formula is C13H15FN2O2. The summed E-state index contributed by atoms with van der Waals surface area (Å²) >= 11 is 0. The van der Waals surface area contributed by atoms with Crippen molar-refractivity contribution in [1.29, 1.82) is 0 Å². The number of hydrogen-bond acceptors (Lipinski definition) is 3. The van der Waals surface area contributed by atoms with Gasteiger partial charge in [-0.25, -0.2) is 4.39 Å². The van der Waals surface area contributed by atoms with Crippen molar-refractivity contribution in [3.8, 4) is 0 Å². The number of Topliss-reactive ketones (excluding diaryl/α,β-unsaturated/α-hetero) is 1. The van der Waals surface area contributed by atoms with Crippen LogP contribution < -0.4 is 10.2 Å². The highest BCUT2D eigenvalue weighted by Gasteiger charge is 2.22. The first-order valence-electron chi connectivity index (χ1n) is 5.90. The largest absolute Gasteiger partial charge is 0.359 e. The molecule has 4 nitrogen and oxygen atoms in total. The fourth-order valence-corrected chi connectivity index (χ4v) is 2.12. The molecule has 0 spiro atoms. The fraction of sp³-hybridized carbons (Fsp3) is 0.385. The van der Waals surface area contributed by atoms with Gasteiger partial charge in [0.05, 0.1) is 12.2 Å². The minimum atomic E-state index is -0.461. The molecule has 18 heavy (non-hydrogen) atoms. The zero-order valence-corrected chi connectivity index (χ0v) is 10.2. The number of carbonyl (C=O) groups excluding carboxylic acids is 2. The monoisotopic (exact) mass is 250 g/mol. The lowest BCUT2D eigenvalue weighted by Gasteiger charge is -2.24. The van der Waals surface area contributed by atoms with Crippen LogP contribution in [0.15, 0.2) is 18.2 Å². The SMILES string of the molecule is CC(=O)c1cccc(F)c1N1CCCNC(=O)C1. The molecule has 1 N–H and O–H groups in total. The summed E-state index contributed by atoms with van der Waals surface area (Å²) in [5.41, 5.74) is 0.562. The average Bonchev–Trinajstić information content (AvgIpc) is 2.53. The van der Waals surface area contributed by atoms with Gasteiger partial charge in [0.2, 0.25) is 5.91 Å². The van der Waals surface area contributed by atoms with Crippen LogP contribution in [0.1, 0.15) is 23.7 Å². The first-order valence-corrected chi connectivity index (χ1v) is 5.90. The van der Waals surface area contributed by atoms with Gasteiger partial charge in [0.25, 0.3) is 0 Å². The molecule has 0 bridgehead atoms. The molecule has 1 heterocycles. The molecule has 0 radical (unpaired) electrons. The number of hydrogen-bond donors (Lipinski definition) is 1. The first kappa shape index (κ1) is 12.5. The maximum absolute atomic E-state index is 13.9. The second-order valence-corrected chi connectivity index (χ2v) is 4.32. The summed E-state index contributed by atoms with van der Waals surface area (Å²) in [5, 5.41) is 2.72. The average molecular weight is 250 g/mol. The second kappa shape index (κ2) is 5.16. The molecule has 5 heteroatoms. The molecule has 0 saturated carbocycles. The lowest BCUT2D eigenvalue weighted by Crippen LogP contribution is -2.34. The van der Waals surface area contributed by atoms with Crippen LogP contribution in [-0.4, -0.2) is 31.3 Å². The third-order valence-corrected chi connectivity index (χ3v) is 2.94. The van der Waals surface area contributed by atoms with Crippen molar-refractivity contribution in [3.05, 3.63) is 29.6 Å². The van der Waals surface area contributed by atoms with Crippen molar-refractivity contribution in [1.82, 2.24) is 5.32 Å². The maximum atomic E-state index is 13.9. The van der Waals surface area contributed by atoms with Crippen LogP contribution in [0.25, 0.3) is 0 Å². The number of amides is 1. The number of carbonyl (C=O) groups is 2. The van der Waals surface area contributed by atoms with Crippen LogP contribution in [0, 0.1) is 5.82 Å². The van der Waals surface area contributed by atoms with Gasteiger partial charge in [-0.2, -0.15) is 0 Å². The van der Waals surface area contributed by atoms with Gasteiger partial charge in [0.1, 0.15) is 5.82 Å². The summed E-state index contributed by atoms with van der Waals surface area (Å²) in [7, 11) is 0. The van der Waals surface area contributed by atoms with Gasteiger partial charge in [-0.05, 0) is 25.5 Å². The molecule has 0 aliphatic carbocycles. The summed E-state index contributed by atoms with van der Waals surface area (Å²) in [6, 6.07) is 4.40. The van der Waals surface area contributed by atoms with E-state index >= 15 is 0 Å². The minimum Gasteiger partial charge on any atom is -0.359 e. The van der Waals surface area contributed by atoms with Gasteiger partial charge in [0.15, 0.2) is 5.78 Å². The molecule has 1 aliphatic rings. The van der Waals surface area contributed by atoms with E-state index in [1.54, 1.807) is 11.0 Å². The van der Waals surface area contributed by atoms with E-state index in [1.807, 2.05) is 0 Å². The number of rotatable bonds is 2. The summed E-state index contributed by atoms with van der Waals surface area (Å²) in [6.07, 6.45) is 0.734. The Morgan fingerprint density at radius 3 is 2.94 bits per heavy atom. The highest BCUT2D eigenvalue weighted by Crippen LogP contribution is 2.25. The van der Waals surface area contributed by atoms with E-state index in [-0.39, 0.29) is 23.9 Å². The van der Waals surface area contributed by atoms with Gasteiger partial charge in [-0.1, -0.05) is 6.07 Å². The fourth-order valence-electron chi connectivity index (χ4n) is 2.12. The van der Waals surface area contributed by atoms with Crippen LogP contribution in [-0.2, 0) is 4.79 Å². The van der Waals surface area contributed by atoms with Gasteiger partial charge in [-0.15, -0.1) is 0 Å². The van der Waals surface area contributed by atoms with Crippen LogP contribution >= 0.6 is 0 Å². The van der Waals surface area contributed by atoms with E-state index in [4.69, 9.17) is 0 Å². The van der Waals surface area contributed by atoms with Gasteiger partial charge in [0, 0.05) is 18.7 Å². The molecule has 1 fully saturated rings. The summed E-state index contributed by atoms with van der Waals surface area (Å²) < 4.78 is 13.9. The normalized spacial score (nSPS) is 16.1. The number of anilines is 1. The molecule has 2 rings (SSSR count). The number of nitrogens with one attached hydrogen (secondary N) is 1. The van der Waals surface area contributed by atoms with Crippen LogP contribution in [0.5, 0.6) is 0 Å². The highest BCUT2D eigenvalue weighted by atomic mass is 19.1. The van der Waals surface area contributed by atoms with E-state index in [1.165, 1.54) is 19.1 Å². The molecule has 1 amide bonds. The van der Waals surface area contributed by atoms with E-state index in [2.05, 4.69) is 5.32 Å². The minimum absolute atomic E-state index is 0.0845. The van der Waals surface area contributed by atoms with Gasteiger partial charge < -0.3 is 10.2 Å². The van der Waals surface area contributed by atoms with Crippen LogP contribution in [0.2, 0.25) is 0 Å². The number of ketones is 1. The van der Waals surface area contributed by atoms with Crippen molar-refractivity contribution in [3.63, 3.8) is 0 Å². The van der Waals surface area contributed by atoms with E-state index in [0.717, 1.165) is 6.42 Å². The Morgan fingerprint density at radius 2 is 2.22 bits per heavy atom. The Labute approximate surface area is 105 Å². The van der Waals surface area contributed by atoms with Crippen molar-refractivity contribution >= 4 is 17.4 Å². The Kier molecular flexibility index (Phi) is 3.60. The van der Waals surface area contributed by atoms with Gasteiger partial charge in [-0.3, -0.25) is 9.59 Å². The third kappa shape index (κ3) is 2.50. The maximum Gasteiger partial charge on any atom is 0.239 e. The Morgan fingerprint density at radius 1 is 1.44 bits per heavy atom. The van der Waals surface area contributed by atoms with E-state index < -0.39 is 5.82 Å². The highest BCUT2D eigenvalue weighted by molar-refractivity contribution is 6.00. The van der Waals surface area contributed by atoms with E-state index in [9.17, 15) is 14.0 Å². The lowest BCUT2D eigenvalue weighted by molar-refractivity contribution is -0.119. The standard InChI is InChI=1S/C13H15FN2O2/c1-9(17)10-4-2-5-11(14)13(10)16-7-3-6-15-12(18)8-16/h2,4-5H,3,6-8H2,1H3,(H,15,18). The Hall–Kier alpha value is -1.91. The van der Waals surface area contributed by atoms with Gasteiger partial charge >= 0.3 is 0 Å². The Balaban J connectivity index is 2.42. The van der Waals surface area contributed by atoms with Crippen molar-refractivity contribution in [2.24, 2.45) is 0 Å². The zero-order valence-electron chi connectivity index (χ0n) is 10.2. The number of halogens is 1. The molecule has 1 aromatic rings. The first-order chi connectivity index (χ1) is 8.59. The van der Waals surface area contributed by atoms with Crippen LogP contribution in [0.3, 0.4) is 0 Å². The topological polar surface area (TPSA) is 49.4 Å². The second-order valence-electron chi connectivity index (χ2n) is 4.32. The molecule has 0 aromatic heterocycles. The van der Waals surface area contributed by atoms with Crippen molar-refractivity contribution in [2.45, 2.75) is 13.3 Å². The quantitative estimate of drug-likeness (QED) is 0.806. The molecule has 0 unspecified atom stereocenters. The lowest BCUT2D eigenvalue weighted by atomic mass is 10.1. The Bertz CT molecular complexity index is 488.